The molecule has 124 valence electrons. The number of hydrogen-bond donors (Lipinski definition) is 0. The molecule has 0 N–H and O–H groups in total. The lowest BCUT2D eigenvalue weighted by molar-refractivity contribution is 0.0601. The van der Waals surface area contributed by atoms with Gasteiger partial charge in [-0.2, -0.15) is 0 Å². The van der Waals surface area contributed by atoms with Gasteiger partial charge in [0.25, 0.3) is 0 Å². The maximum atomic E-state index is 14.3. The van der Waals surface area contributed by atoms with E-state index in [1.165, 1.54) is 7.11 Å². The lowest BCUT2D eigenvalue weighted by Gasteiger charge is -2.17. The number of alkyl halides is 1. The van der Waals surface area contributed by atoms with Crippen molar-refractivity contribution in [3.8, 4) is 0 Å². The van der Waals surface area contributed by atoms with Crippen molar-refractivity contribution in [3.05, 3.63) is 47.0 Å². The van der Waals surface area contributed by atoms with Crippen LogP contribution in [0.3, 0.4) is 0 Å². The summed E-state index contributed by atoms with van der Waals surface area (Å²) in [5, 5.41) is 1.34. The van der Waals surface area contributed by atoms with E-state index in [4.69, 9.17) is 4.74 Å². The summed E-state index contributed by atoms with van der Waals surface area (Å²) in [4.78, 5) is 19.7. The quantitative estimate of drug-likeness (QED) is 0.807. The highest BCUT2D eigenvalue weighted by Gasteiger charge is 2.26. The highest BCUT2D eigenvalue weighted by Crippen LogP contribution is 2.33. The van der Waals surface area contributed by atoms with Crippen LogP contribution in [0.15, 0.2) is 35.2 Å². The second-order valence-corrected chi connectivity index (χ2v) is 5.46. The van der Waals surface area contributed by atoms with Gasteiger partial charge >= 0.3 is 5.97 Å². The van der Waals surface area contributed by atoms with Crippen LogP contribution >= 0.6 is 0 Å². The number of ether oxygens (including phenoxy) is 1. The average Bonchev–Trinajstić information content (AvgIpc) is 2.60. The van der Waals surface area contributed by atoms with Gasteiger partial charge in [-0.1, -0.05) is 13.0 Å². The largest absolute Gasteiger partial charge is 0.465 e. The number of carbonyl (C=O) groups is 1. The molecule has 0 bridgehead atoms. The molecule has 2 aromatic rings. The Balaban J connectivity index is 2.31. The number of fused-ring (bicyclic) bond motifs is 1. The van der Waals surface area contributed by atoms with E-state index in [0.717, 1.165) is 17.2 Å². The first-order chi connectivity index (χ1) is 11.6. The molecule has 1 aliphatic rings. The van der Waals surface area contributed by atoms with Gasteiger partial charge in [0.15, 0.2) is 0 Å². The predicted octanol–water partition coefficient (Wildman–Crippen LogP) is 3.69. The predicted molar refractivity (Wildman–Crippen MR) is 88.7 cm³/mol. The Morgan fingerprint density at radius 1 is 1.38 bits per heavy atom. The van der Waals surface area contributed by atoms with Crippen molar-refractivity contribution in [2.75, 3.05) is 13.7 Å². The summed E-state index contributed by atoms with van der Waals surface area (Å²) in [5.41, 5.74) is 1.32. The normalized spacial score (nSPS) is 17.4. The number of hydrogen-bond acceptors (Lipinski definition) is 4. The van der Waals surface area contributed by atoms with Crippen molar-refractivity contribution in [1.82, 2.24) is 4.98 Å². The van der Waals surface area contributed by atoms with Crippen LogP contribution in [0.25, 0.3) is 16.3 Å². The summed E-state index contributed by atoms with van der Waals surface area (Å²) < 4.78 is 33.2. The number of allylic oxidation sites excluding steroid dienone is 1. The van der Waals surface area contributed by atoms with Crippen LogP contribution in [0.1, 0.15) is 28.5 Å². The monoisotopic (exact) mass is 330 g/mol. The van der Waals surface area contributed by atoms with Gasteiger partial charge in [0, 0.05) is 11.6 Å². The molecule has 0 fully saturated rings. The number of halogens is 2. The molecule has 1 aliphatic heterocycles. The molecule has 4 nitrogen and oxygen atoms in total. The first-order valence-corrected chi connectivity index (χ1v) is 7.60. The molecule has 24 heavy (non-hydrogen) atoms. The summed E-state index contributed by atoms with van der Waals surface area (Å²) in [6.45, 7) is 1.83. The lowest BCUT2D eigenvalue weighted by Crippen LogP contribution is -2.16. The van der Waals surface area contributed by atoms with E-state index in [1.54, 1.807) is 24.4 Å². The molecule has 0 spiro atoms. The Morgan fingerprint density at radius 3 is 2.83 bits per heavy atom. The highest BCUT2D eigenvalue weighted by atomic mass is 19.1. The molecule has 1 atom stereocenters. The molecular formula is C18H16F2N2O2. The smallest absolute Gasteiger partial charge is 0.337 e. The minimum absolute atomic E-state index is 0.125. The number of aromatic nitrogens is 1. The van der Waals surface area contributed by atoms with Crippen LogP contribution in [0.4, 0.5) is 8.78 Å². The Morgan fingerprint density at radius 2 is 2.17 bits per heavy atom. The van der Waals surface area contributed by atoms with Crippen LogP contribution < -0.4 is 0 Å². The second kappa shape index (κ2) is 6.47. The summed E-state index contributed by atoms with van der Waals surface area (Å²) >= 11 is 0. The molecule has 1 aromatic carbocycles. The number of carbonyl (C=O) groups excluding carboxylic acids is 1. The number of methoxy groups -OCH3 is 1. The molecule has 0 saturated heterocycles. The van der Waals surface area contributed by atoms with Gasteiger partial charge in [-0.3, -0.25) is 9.98 Å². The minimum atomic E-state index is -1.57. The fourth-order valence-electron chi connectivity index (χ4n) is 2.84. The van der Waals surface area contributed by atoms with E-state index in [0.29, 0.717) is 17.4 Å². The third-order valence-corrected chi connectivity index (χ3v) is 4.07. The third-order valence-electron chi connectivity index (χ3n) is 4.07. The van der Waals surface area contributed by atoms with Crippen LogP contribution in [0, 0.1) is 0 Å². The van der Waals surface area contributed by atoms with Gasteiger partial charge in [-0.25, -0.2) is 13.6 Å². The molecule has 0 radical (unpaired) electrons. The topological polar surface area (TPSA) is 51.5 Å². The van der Waals surface area contributed by atoms with Crippen LogP contribution in [0.5, 0.6) is 0 Å². The van der Waals surface area contributed by atoms with Crippen molar-refractivity contribution in [2.24, 2.45) is 4.99 Å². The van der Waals surface area contributed by atoms with Crippen molar-refractivity contribution in [3.63, 3.8) is 0 Å². The van der Waals surface area contributed by atoms with Crippen molar-refractivity contribution in [1.29, 1.82) is 0 Å². The Kier molecular flexibility index (Phi) is 4.38. The number of dihydropyridines is 1. The first-order valence-electron chi connectivity index (χ1n) is 7.60. The minimum Gasteiger partial charge on any atom is -0.465 e. The molecule has 0 aliphatic carbocycles. The van der Waals surface area contributed by atoms with Crippen LogP contribution in [0.2, 0.25) is 0 Å². The van der Waals surface area contributed by atoms with E-state index >= 15 is 0 Å². The van der Waals surface area contributed by atoms with E-state index in [9.17, 15) is 13.6 Å². The Hall–Kier alpha value is -2.63. The Bertz CT molecular complexity index is 875. The number of rotatable bonds is 3. The maximum Gasteiger partial charge on any atom is 0.337 e. The van der Waals surface area contributed by atoms with E-state index in [1.807, 2.05) is 6.92 Å². The molecular weight excluding hydrogens is 314 g/mol. The maximum absolute atomic E-state index is 14.3. The molecule has 1 unspecified atom stereocenters. The van der Waals surface area contributed by atoms with Crippen molar-refractivity contribution >= 4 is 28.5 Å². The van der Waals surface area contributed by atoms with Crippen molar-refractivity contribution in [2.45, 2.75) is 19.5 Å². The summed E-state index contributed by atoms with van der Waals surface area (Å²) in [7, 11) is 1.28. The molecule has 0 amide bonds. The molecule has 0 saturated carbocycles. The van der Waals surface area contributed by atoms with Gasteiger partial charge in [-0.15, -0.1) is 0 Å². The molecule has 2 heterocycles. The van der Waals surface area contributed by atoms with Crippen LogP contribution in [-0.2, 0) is 11.2 Å². The van der Waals surface area contributed by atoms with Gasteiger partial charge in [0.05, 0.1) is 36.7 Å². The zero-order valence-corrected chi connectivity index (χ0v) is 13.3. The summed E-state index contributed by atoms with van der Waals surface area (Å²) in [6, 6.07) is 4.97. The second-order valence-electron chi connectivity index (χ2n) is 5.46. The van der Waals surface area contributed by atoms with Crippen molar-refractivity contribution < 1.29 is 18.3 Å². The van der Waals surface area contributed by atoms with Gasteiger partial charge in [0.2, 0.25) is 0 Å². The summed E-state index contributed by atoms with van der Waals surface area (Å²) in [6.07, 6.45) is 1.77. The van der Waals surface area contributed by atoms with Gasteiger partial charge in [-0.05, 0) is 29.5 Å². The number of esters is 1. The number of aliphatic imine (C=N–C) groups is 1. The molecule has 6 heteroatoms. The fraction of sp³-hybridized carbons (Fsp3) is 0.278. The number of pyridine rings is 1. The van der Waals surface area contributed by atoms with Gasteiger partial charge < -0.3 is 4.74 Å². The summed E-state index contributed by atoms with van der Waals surface area (Å²) in [5.74, 6) is -1.25. The lowest BCUT2D eigenvalue weighted by atomic mass is 9.95. The third kappa shape index (κ3) is 2.68. The van der Waals surface area contributed by atoms with E-state index in [2.05, 4.69) is 9.98 Å². The average molecular weight is 330 g/mol. The van der Waals surface area contributed by atoms with Gasteiger partial charge in [0.1, 0.15) is 12.0 Å². The molecule has 1 aromatic heterocycles. The Labute approximate surface area is 137 Å². The zero-order chi connectivity index (χ0) is 17.3. The SMILES string of the molecule is CCc1cnc(C2=C(F)C=NCC2F)c2cc(C(=O)OC)ccc12. The van der Waals surface area contributed by atoms with Crippen LogP contribution in [-0.4, -0.2) is 37.0 Å². The highest BCUT2D eigenvalue weighted by molar-refractivity contribution is 6.03. The van der Waals surface area contributed by atoms with E-state index in [-0.39, 0.29) is 17.8 Å². The molecule has 3 rings (SSSR count). The fourth-order valence-corrected chi connectivity index (χ4v) is 2.84. The van der Waals surface area contributed by atoms with E-state index < -0.39 is 18.0 Å². The number of benzene rings is 1. The number of aryl methyl sites for hydroxylation is 1. The first kappa shape index (κ1) is 16.2. The number of nitrogens with zero attached hydrogens (tertiary/aromatic N) is 2. The zero-order valence-electron chi connectivity index (χ0n) is 13.3. The standard InChI is InChI=1S/C18H16F2N2O2/c1-3-10-7-22-17(16-14(19)8-21-9-15(16)20)13-6-11(18(23)24-2)4-5-12(10)13/h4-8,15H,3,9H2,1-2H3.